The minimum Gasteiger partial charge on any atom is -0.454 e. The van der Waals surface area contributed by atoms with E-state index in [1.54, 1.807) is 0 Å². The molecule has 1 aromatic carbocycles. The van der Waals surface area contributed by atoms with Gasteiger partial charge in [0, 0.05) is 24.8 Å². The second-order valence-electron chi connectivity index (χ2n) is 6.19. The van der Waals surface area contributed by atoms with Crippen LogP contribution in [0.1, 0.15) is 20.3 Å². The van der Waals surface area contributed by atoms with E-state index in [9.17, 15) is 0 Å². The van der Waals surface area contributed by atoms with E-state index in [4.69, 9.17) is 9.47 Å². The van der Waals surface area contributed by atoms with Crippen LogP contribution in [0.15, 0.2) is 18.2 Å². The summed E-state index contributed by atoms with van der Waals surface area (Å²) in [7, 11) is 0. The number of hydrogen-bond acceptors (Lipinski definition) is 4. The van der Waals surface area contributed by atoms with Crippen LogP contribution in [0.25, 0.3) is 0 Å². The lowest BCUT2D eigenvalue weighted by atomic mass is 10.1. The molecule has 0 aromatic heterocycles. The molecule has 1 aromatic rings. The van der Waals surface area contributed by atoms with Gasteiger partial charge in [-0.15, -0.1) is 0 Å². The number of benzene rings is 1. The molecule has 0 spiro atoms. The van der Waals surface area contributed by atoms with E-state index in [2.05, 4.69) is 36.2 Å². The van der Waals surface area contributed by atoms with E-state index in [-0.39, 0.29) is 0 Å². The third-order valence-corrected chi connectivity index (χ3v) is 3.99. The molecule has 1 N–H and O–H groups in total. The van der Waals surface area contributed by atoms with Crippen molar-refractivity contribution in [1.82, 2.24) is 5.32 Å². The SMILES string of the molecule is CC(C)CNCC1CCN(c2ccc3c(c2)OCO3)C1. The number of hydrogen-bond donors (Lipinski definition) is 1. The molecule has 3 rings (SSSR count). The average molecular weight is 276 g/mol. The van der Waals surface area contributed by atoms with E-state index in [0.29, 0.717) is 6.79 Å². The van der Waals surface area contributed by atoms with Crippen LogP contribution in [0, 0.1) is 11.8 Å². The first-order valence-electron chi connectivity index (χ1n) is 7.57. The number of fused-ring (bicyclic) bond motifs is 1. The highest BCUT2D eigenvalue weighted by atomic mass is 16.7. The topological polar surface area (TPSA) is 33.7 Å². The summed E-state index contributed by atoms with van der Waals surface area (Å²) in [6.45, 7) is 9.35. The highest BCUT2D eigenvalue weighted by Crippen LogP contribution is 2.36. The molecule has 0 amide bonds. The Kier molecular flexibility index (Phi) is 4.01. The molecule has 0 bridgehead atoms. The smallest absolute Gasteiger partial charge is 0.231 e. The summed E-state index contributed by atoms with van der Waals surface area (Å²) in [6.07, 6.45) is 1.26. The van der Waals surface area contributed by atoms with Crippen molar-refractivity contribution in [3.05, 3.63) is 18.2 Å². The van der Waals surface area contributed by atoms with E-state index in [1.165, 1.54) is 12.1 Å². The molecule has 2 heterocycles. The lowest BCUT2D eigenvalue weighted by Gasteiger charge is -2.19. The number of rotatable bonds is 5. The number of nitrogens with zero attached hydrogens (tertiary/aromatic N) is 1. The van der Waals surface area contributed by atoms with Crippen molar-refractivity contribution in [2.75, 3.05) is 37.9 Å². The minimum atomic E-state index is 0.348. The summed E-state index contributed by atoms with van der Waals surface area (Å²) in [4.78, 5) is 2.45. The molecule has 1 fully saturated rings. The molecule has 0 radical (unpaired) electrons. The van der Waals surface area contributed by atoms with Gasteiger partial charge in [-0.3, -0.25) is 0 Å². The normalized spacial score (nSPS) is 20.9. The van der Waals surface area contributed by atoms with Crippen molar-refractivity contribution >= 4 is 5.69 Å². The third-order valence-electron chi connectivity index (χ3n) is 3.99. The Balaban J connectivity index is 1.54. The first-order valence-corrected chi connectivity index (χ1v) is 7.57. The van der Waals surface area contributed by atoms with Crippen LogP contribution in [-0.2, 0) is 0 Å². The lowest BCUT2D eigenvalue weighted by Crippen LogP contribution is -2.28. The van der Waals surface area contributed by atoms with Gasteiger partial charge in [-0.25, -0.2) is 0 Å². The van der Waals surface area contributed by atoms with Gasteiger partial charge in [0.05, 0.1) is 0 Å². The predicted octanol–water partition coefficient (Wildman–Crippen LogP) is 2.49. The lowest BCUT2D eigenvalue weighted by molar-refractivity contribution is 0.174. The van der Waals surface area contributed by atoms with Crippen LogP contribution >= 0.6 is 0 Å². The Labute approximate surface area is 121 Å². The summed E-state index contributed by atoms with van der Waals surface area (Å²) >= 11 is 0. The Hall–Kier alpha value is -1.42. The fourth-order valence-electron chi connectivity index (χ4n) is 2.89. The van der Waals surface area contributed by atoms with Crippen LogP contribution in [0.3, 0.4) is 0 Å². The minimum absolute atomic E-state index is 0.348. The van der Waals surface area contributed by atoms with Crippen molar-refractivity contribution in [2.45, 2.75) is 20.3 Å². The zero-order valence-corrected chi connectivity index (χ0v) is 12.4. The largest absolute Gasteiger partial charge is 0.454 e. The molecular weight excluding hydrogens is 252 g/mol. The van der Waals surface area contributed by atoms with Crippen molar-refractivity contribution in [2.24, 2.45) is 11.8 Å². The molecular formula is C16H24N2O2. The Morgan fingerprint density at radius 3 is 3.00 bits per heavy atom. The van der Waals surface area contributed by atoms with Crippen molar-refractivity contribution in [3.63, 3.8) is 0 Å². The monoisotopic (exact) mass is 276 g/mol. The first kappa shape index (κ1) is 13.6. The molecule has 1 unspecified atom stereocenters. The Morgan fingerprint density at radius 2 is 2.15 bits per heavy atom. The zero-order valence-electron chi connectivity index (χ0n) is 12.4. The van der Waals surface area contributed by atoms with Gasteiger partial charge >= 0.3 is 0 Å². The highest BCUT2D eigenvalue weighted by Gasteiger charge is 2.24. The number of nitrogens with one attached hydrogen (secondary N) is 1. The average Bonchev–Trinajstić information content (AvgIpc) is 3.05. The predicted molar refractivity (Wildman–Crippen MR) is 80.6 cm³/mol. The van der Waals surface area contributed by atoms with Gasteiger partial charge in [0.2, 0.25) is 6.79 Å². The van der Waals surface area contributed by atoms with Crippen molar-refractivity contribution in [1.29, 1.82) is 0 Å². The summed E-state index contributed by atoms with van der Waals surface area (Å²) in [5.41, 5.74) is 1.25. The van der Waals surface area contributed by atoms with E-state index >= 15 is 0 Å². The van der Waals surface area contributed by atoms with Gasteiger partial charge in [0.25, 0.3) is 0 Å². The van der Waals surface area contributed by atoms with Crippen LogP contribution in [-0.4, -0.2) is 33.0 Å². The first-order chi connectivity index (χ1) is 9.72. The molecule has 2 aliphatic rings. The number of ether oxygens (including phenoxy) is 2. The molecule has 20 heavy (non-hydrogen) atoms. The van der Waals surface area contributed by atoms with Crippen LogP contribution in [0.2, 0.25) is 0 Å². The maximum absolute atomic E-state index is 5.46. The van der Waals surface area contributed by atoms with Gasteiger partial charge in [0.1, 0.15) is 0 Å². The second kappa shape index (κ2) is 5.92. The van der Waals surface area contributed by atoms with Gasteiger partial charge in [-0.2, -0.15) is 0 Å². The summed E-state index contributed by atoms with van der Waals surface area (Å²) in [5, 5.41) is 3.57. The van der Waals surface area contributed by atoms with Gasteiger partial charge in [0.15, 0.2) is 11.5 Å². The van der Waals surface area contributed by atoms with Crippen LogP contribution in [0.4, 0.5) is 5.69 Å². The molecule has 1 atom stereocenters. The zero-order chi connectivity index (χ0) is 13.9. The van der Waals surface area contributed by atoms with Gasteiger partial charge in [-0.1, -0.05) is 13.8 Å². The van der Waals surface area contributed by atoms with Gasteiger partial charge in [-0.05, 0) is 43.5 Å². The number of anilines is 1. The van der Waals surface area contributed by atoms with Gasteiger partial charge < -0.3 is 19.7 Å². The Bertz CT molecular complexity index is 462. The van der Waals surface area contributed by atoms with Crippen LogP contribution in [0.5, 0.6) is 11.5 Å². The summed E-state index contributed by atoms with van der Waals surface area (Å²) < 4.78 is 10.8. The molecule has 4 heteroatoms. The third kappa shape index (κ3) is 3.01. The van der Waals surface area contributed by atoms with E-state index < -0.39 is 0 Å². The molecule has 0 saturated carbocycles. The molecule has 0 aliphatic carbocycles. The summed E-state index contributed by atoms with van der Waals surface area (Å²) in [5.74, 6) is 3.22. The summed E-state index contributed by atoms with van der Waals surface area (Å²) in [6, 6.07) is 6.26. The maximum Gasteiger partial charge on any atom is 0.231 e. The molecule has 1 saturated heterocycles. The fraction of sp³-hybridized carbons (Fsp3) is 0.625. The maximum atomic E-state index is 5.46. The molecule has 4 nitrogen and oxygen atoms in total. The Morgan fingerprint density at radius 1 is 1.30 bits per heavy atom. The van der Waals surface area contributed by atoms with E-state index in [0.717, 1.165) is 49.5 Å². The molecule has 110 valence electrons. The molecule has 2 aliphatic heterocycles. The standard InChI is InChI=1S/C16H24N2O2/c1-12(2)8-17-9-13-5-6-18(10-13)14-3-4-15-16(7-14)20-11-19-15/h3-4,7,12-13,17H,5-6,8-11H2,1-2H3. The van der Waals surface area contributed by atoms with Crippen molar-refractivity contribution < 1.29 is 9.47 Å². The quantitative estimate of drug-likeness (QED) is 0.896. The van der Waals surface area contributed by atoms with Crippen molar-refractivity contribution in [3.8, 4) is 11.5 Å². The fourth-order valence-corrected chi connectivity index (χ4v) is 2.89. The second-order valence-corrected chi connectivity index (χ2v) is 6.19. The van der Waals surface area contributed by atoms with Crippen LogP contribution < -0.4 is 19.7 Å². The highest BCUT2D eigenvalue weighted by molar-refractivity contribution is 5.57. The van der Waals surface area contributed by atoms with E-state index in [1.807, 2.05) is 6.07 Å².